The highest BCUT2D eigenvalue weighted by molar-refractivity contribution is 7.15. The third kappa shape index (κ3) is 2.11. The van der Waals surface area contributed by atoms with E-state index in [9.17, 15) is 0 Å². The predicted molar refractivity (Wildman–Crippen MR) is 85.8 cm³/mol. The summed E-state index contributed by atoms with van der Waals surface area (Å²) in [4.78, 5) is 5.50. The highest BCUT2D eigenvalue weighted by Gasteiger charge is 2.07. The van der Waals surface area contributed by atoms with Crippen LogP contribution in [0.15, 0.2) is 54.2 Å². The molecule has 0 spiro atoms. The molecule has 0 saturated carbocycles. The largest absolute Gasteiger partial charge is 0.487 e. The molecule has 4 aromatic rings. The topological polar surface area (TPSA) is 52.5 Å². The summed E-state index contributed by atoms with van der Waals surface area (Å²) in [5.74, 6) is 0.830. The summed E-state index contributed by atoms with van der Waals surface area (Å²) in [6.07, 6.45) is 3.99. The van der Waals surface area contributed by atoms with E-state index >= 15 is 0 Å². The standard InChI is InChI=1S/C16H13N3OS/c17-14-5-6-15(13-4-2-1-3-12(13)14)20-10-11-9-19-7-8-21-16(19)18-11/h1-9H,10,17H2. The minimum absolute atomic E-state index is 0.447. The van der Waals surface area contributed by atoms with E-state index in [0.29, 0.717) is 6.61 Å². The maximum Gasteiger partial charge on any atom is 0.193 e. The molecule has 0 aliphatic rings. The number of hydrogen-bond acceptors (Lipinski definition) is 4. The van der Waals surface area contributed by atoms with Gasteiger partial charge in [-0.05, 0) is 12.1 Å². The van der Waals surface area contributed by atoms with Crippen molar-refractivity contribution in [2.45, 2.75) is 6.61 Å². The van der Waals surface area contributed by atoms with Crippen molar-refractivity contribution >= 4 is 32.8 Å². The van der Waals surface area contributed by atoms with Crippen LogP contribution in [0.1, 0.15) is 5.69 Å². The van der Waals surface area contributed by atoms with E-state index in [1.54, 1.807) is 11.3 Å². The van der Waals surface area contributed by atoms with Gasteiger partial charge in [0.2, 0.25) is 0 Å². The molecular weight excluding hydrogens is 282 g/mol. The van der Waals surface area contributed by atoms with Gasteiger partial charge in [-0.2, -0.15) is 0 Å². The minimum Gasteiger partial charge on any atom is -0.487 e. The van der Waals surface area contributed by atoms with Gasteiger partial charge < -0.3 is 10.5 Å². The molecule has 0 aliphatic heterocycles. The number of nitrogens with zero attached hydrogens (tertiary/aromatic N) is 2. The monoisotopic (exact) mass is 295 g/mol. The van der Waals surface area contributed by atoms with Crippen LogP contribution in [0.5, 0.6) is 5.75 Å². The molecule has 0 radical (unpaired) electrons. The van der Waals surface area contributed by atoms with Gasteiger partial charge in [-0.1, -0.05) is 24.3 Å². The van der Waals surface area contributed by atoms with Gasteiger partial charge in [0.1, 0.15) is 12.4 Å². The molecule has 0 saturated heterocycles. The van der Waals surface area contributed by atoms with Crippen LogP contribution < -0.4 is 10.5 Å². The van der Waals surface area contributed by atoms with Gasteiger partial charge in [-0.15, -0.1) is 11.3 Å². The second kappa shape index (κ2) is 4.79. The number of hydrogen-bond donors (Lipinski definition) is 1. The van der Waals surface area contributed by atoms with E-state index in [0.717, 1.165) is 32.9 Å². The van der Waals surface area contributed by atoms with Crippen molar-refractivity contribution < 1.29 is 4.74 Å². The lowest BCUT2D eigenvalue weighted by molar-refractivity contribution is 0.306. The summed E-state index contributed by atoms with van der Waals surface area (Å²) >= 11 is 1.61. The van der Waals surface area contributed by atoms with E-state index in [-0.39, 0.29) is 0 Å². The summed E-state index contributed by atoms with van der Waals surface area (Å²) in [5.41, 5.74) is 7.68. The Balaban J connectivity index is 1.65. The van der Waals surface area contributed by atoms with Crippen molar-refractivity contribution in [2.75, 3.05) is 5.73 Å². The first-order chi connectivity index (χ1) is 10.3. The van der Waals surface area contributed by atoms with Crippen molar-refractivity contribution in [2.24, 2.45) is 0 Å². The minimum atomic E-state index is 0.447. The van der Waals surface area contributed by atoms with E-state index < -0.39 is 0 Å². The fraction of sp³-hybridized carbons (Fsp3) is 0.0625. The Morgan fingerprint density at radius 3 is 2.86 bits per heavy atom. The molecule has 2 heterocycles. The molecular formula is C16H13N3OS. The third-order valence-corrected chi connectivity index (χ3v) is 4.21. The first kappa shape index (κ1) is 12.2. The molecule has 0 atom stereocenters. The Kier molecular flexibility index (Phi) is 2.79. The average Bonchev–Trinajstić information content (AvgIpc) is 3.08. The Labute approximate surface area is 125 Å². The first-order valence-electron chi connectivity index (χ1n) is 6.62. The summed E-state index contributed by atoms with van der Waals surface area (Å²) in [7, 11) is 0. The lowest BCUT2D eigenvalue weighted by Gasteiger charge is -2.09. The normalized spacial score (nSPS) is 11.2. The number of ether oxygens (including phenoxy) is 1. The van der Waals surface area contributed by atoms with Gasteiger partial charge >= 0.3 is 0 Å². The van der Waals surface area contributed by atoms with Crippen LogP contribution >= 0.6 is 11.3 Å². The molecule has 21 heavy (non-hydrogen) atoms. The molecule has 5 heteroatoms. The Morgan fingerprint density at radius 2 is 2.00 bits per heavy atom. The summed E-state index contributed by atoms with van der Waals surface area (Å²) in [6.45, 7) is 0.447. The van der Waals surface area contributed by atoms with Gasteiger partial charge in [0.25, 0.3) is 0 Å². The zero-order valence-corrected chi connectivity index (χ0v) is 12.0. The molecule has 2 N–H and O–H groups in total. The molecule has 0 unspecified atom stereocenters. The van der Waals surface area contributed by atoms with Crippen LogP contribution in [0.3, 0.4) is 0 Å². The fourth-order valence-electron chi connectivity index (χ4n) is 2.42. The second-order valence-corrected chi connectivity index (χ2v) is 5.69. The number of imidazole rings is 1. The average molecular weight is 295 g/mol. The second-order valence-electron chi connectivity index (χ2n) is 4.81. The number of aromatic nitrogens is 2. The van der Waals surface area contributed by atoms with Crippen LogP contribution in [0.25, 0.3) is 15.7 Å². The number of benzene rings is 2. The fourth-order valence-corrected chi connectivity index (χ4v) is 3.14. The Bertz CT molecular complexity index is 897. The zero-order chi connectivity index (χ0) is 14.2. The molecule has 4 nitrogen and oxygen atoms in total. The number of rotatable bonds is 3. The highest BCUT2D eigenvalue weighted by Crippen LogP contribution is 2.30. The van der Waals surface area contributed by atoms with Gasteiger partial charge in [0.15, 0.2) is 4.96 Å². The lowest BCUT2D eigenvalue weighted by Crippen LogP contribution is -1.97. The van der Waals surface area contributed by atoms with Crippen molar-refractivity contribution in [3.8, 4) is 5.75 Å². The Hall–Kier alpha value is -2.53. The molecule has 0 fully saturated rings. The molecule has 104 valence electrons. The molecule has 4 rings (SSSR count). The summed E-state index contributed by atoms with van der Waals surface area (Å²) in [5, 5.41) is 4.06. The molecule has 0 aliphatic carbocycles. The van der Waals surface area contributed by atoms with Crippen molar-refractivity contribution in [1.29, 1.82) is 0 Å². The van der Waals surface area contributed by atoms with E-state index in [4.69, 9.17) is 10.5 Å². The smallest absolute Gasteiger partial charge is 0.193 e. The lowest BCUT2D eigenvalue weighted by atomic mass is 10.1. The number of nitrogen functional groups attached to an aromatic ring is 1. The number of nitrogens with two attached hydrogens (primary N) is 1. The van der Waals surface area contributed by atoms with Crippen LogP contribution in [-0.4, -0.2) is 9.38 Å². The number of thiazole rings is 1. The van der Waals surface area contributed by atoms with Gasteiger partial charge in [0.05, 0.1) is 5.69 Å². The van der Waals surface area contributed by atoms with Crippen molar-refractivity contribution in [3.63, 3.8) is 0 Å². The van der Waals surface area contributed by atoms with Crippen LogP contribution in [0.2, 0.25) is 0 Å². The highest BCUT2D eigenvalue weighted by atomic mass is 32.1. The maximum atomic E-state index is 6.00. The van der Waals surface area contributed by atoms with Crippen LogP contribution in [0.4, 0.5) is 5.69 Å². The SMILES string of the molecule is Nc1ccc(OCc2cn3ccsc3n2)c2ccccc12. The quantitative estimate of drug-likeness (QED) is 0.586. The molecule has 0 bridgehead atoms. The Morgan fingerprint density at radius 1 is 1.14 bits per heavy atom. The number of fused-ring (bicyclic) bond motifs is 2. The predicted octanol–water partition coefficient (Wildman–Crippen LogP) is 3.71. The van der Waals surface area contributed by atoms with E-state index in [1.165, 1.54) is 0 Å². The van der Waals surface area contributed by atoms with Crippen molar-refractivity contribution in [3.05, 3.63) is 59.9 Å². The van der Waals surface area contributed by atoms with Gasteiger partial charge in [-0.25, -0.2) is 4.98 Å². The third-order valence-electron chi connectivity index (χ3n) is 3.44. The summed E-state index contributed by atoms with van der Waals surface area (Å²) < 4.78 is 7.94. The molecule has 2 aromatic heterocycles. The first-order valence-corrected chi connectivity index (χ1v) is 7.50. The van der Waals surface area contributed by atoms with Gasteiger partial charge in [0, 0.05) is 34.2 Å². The summed E-state index contributed by atoms with van der Waals surface area (Å²) in [6, 6.07) is 11.8. The van der Waals surface area contributed by atoms with E-state index in [2.05, 4.69) is 4.98 Å². The zero-order valence-electron chi connectivity index (χ0n) is 11.2. The number of anilines is 1. The van der Waals surface area contributed by atoms with Crippen LogP contribution in [0, 0.1) is 0 Å². The molecule has 2 aromatic carbocycles. The van der Waals surface area contributed by atoms with Crippen molar-refractivity contribution in [1.82, 2.24) is 9.38 Å². The van der Waals surface area contributed by atoms with Gasteiger partial charge in [-0.3, -0.25) is 4.40 Å². The maximum absolute atomic E-state index is 6.00. The van der Waals surface area contributed by atoms with Crippen LogP contribution in [-0.2, 0) is 6.61 Å². The van der Waals surface area contributed by atoms with E-state index in [1.807, 2.05) is 58.6 Å². The molecule has 0 amide bonds.